The summed E-state index contributed by atoms with van der Waals surface area (Å²) in [6.07, 6.45) is 1.99. The molecular formula is C16H23N3O2. The Kier molecular flexibility index (Phi) is 5.33. The zero-order valence-electron chi connectivity index (χ0n) is 12.7. The van der Waals surface area contributed by atoms with Crippen molar-refractivity contribution in [3.05, 3.63) is 24.3 Å². The number of nitrogens with zero attached hydrogens (tertiary/aromatic N) is 1. The van der Waals surface area contributed by atoms with E-state index in [0.29, 0.717) is 25.4 Å². The van der Waals surface area contributed by atoms with Crippen LogP contribution < -0.4 is 15.5 Å². The standard InChI is InChI=1S/C16H23N3O2/c1-12(2)17-10-9-15(20)18-13-5-7-14(8-6-13)19-11-3-4-16(19)21/h5-8,12,17H,3-4,9-11H2,1-2H3,(H,18,20). The molecular weight excluding hydrogens is 266 g/mol. The molecule has 0 bridgehead atoms. The van der Waals surface area contributed by atoms with E-state index >= 15 is 0 Å². The van der Waals surface area contributed by atoms with Crippen LogP contribution in [0, 0.1) is 0 Å². The molecule has 1 aromatic carbocycles. The van der Waals surface area contributed by atoms with E-state index in [1.54, 1.807) is 4.90 Å². The minimum absolute atomic E-state index is 0.00634. The largest absolute Gasteiger partial charge is 0.326 e. The summed E-state index contributed by atoms with van der Waals surface area (Å²) in [5.74, 6) is 0.166. The number of hydrogen-bond acceptors (Lipinski definition) is 3. The van der Waals surface area contributed by atoms with Gasteiger partial charge in [-0.05, 0) is 30.7 Å². The van der Waals surface area contributed by atoms with Crippen molar-refractivity contribution in [3.63, 3.8) is 0 Å². The quantitative estimate of drug-likeness (QED) is 0.843. The predicted molar refractivity (Wildman–Crippen MR) is 84.4 cm³/mol. The number of benzene rings is 1. The fraction of sp³-hybridized carbons (Fsp3) is 0.500. The van der Waals surface area contributed by atoms with E-state index in [0.717, 1.165) is 24.3 Å². The fourth-order valence-corrected chi connectivity index (χ4v) is 2.34. The van der Waals surface area contributed by atoms with E-state index in [4.69, 9.17) is 0 Å². The van der Waals surface area contributed by atoms with Gasteiger partial charge in [-0.2, -0.15) is 0 Å². The molecule has 1 saturated heterocycles. The number of anilines is 2. The number of nitrogens with one attached hydrogen (secondary N) is 2. The topological polar surface area (TPSA) is 61.4 Å². The maximum absolute atomic E-state index is 11.8. The first-order chi connectivity index (χ1) is 10.1. The number of rotatable bonds is 6. The Morgan fingerprint density at radius 2 is 2.00 bits per heavy atom. The second kappa shape index (κ2) is 7.22. The minimum atomic E-state index is -0.00634. The van der Waals surface area contributed by atoms with E-state index in [1.807, 2.05) is 24.3 Å². The molecule has 5 nitrogen and oxygen atoms in total. The van der Waals surface area contributed by atoms with E-state index in [2.05, 4.69) is 24.5 Å². The molecule has 0 saturated carbocycles. The lowest BCUT2D eigenvalue weighted by Crippen LogP contribution is -2.27. The SMILES string of the molecule is CC(C)NCCC(=O)Nc1ccc(N2CCCC2=O)cc1. The van der Waals surface area contributed by atoms with Crippen molar-refractivity contribution in [1.82, 2.24) is 5.32 Å². The lowest BCUT2D eigenvalue weighted by molar-refractivity contribution is -0.117. The lowest BCUT2D eigenvalue weighted by Gasteiger charge is -2.16. The number of carbonyl (C=O) groups is 2. The second-order valence-electron chi connectivity index (χ2n) is 5.60. The van der Waals surface area contributed by atoms with Crippen molar-refractivity contribution in [1.29, 1.82) is 0 Å². The molecule has 1 aromatic rings. The summed E-state index contributed by atoms with van der Waals surface area (Å²) in [5, 5.41) is 6.07. The Labute approximate surface area is 125 Å². The molecule has 5 heteroatoms. The van der Waals surface area contributed by atoms with Crippen molar-refractivity contribution in [3.8, 4) is 0 Å². The van der Waals surface area contributed by atoms with Gasteiger partial charge in [0.2, 0.25) is 11.8 Å². The highest BCUT2D eigenvalue weighted by atomic mass is 16.2. The molecule has 1 heterocycles. The zero-order valence-corrected chi connectivity index (χ0v) is 12.7. The fourth-order valence-electron chi connectivity index (χ4n) is 2.34. The Morgan fingerprint density at radius 3 is 2.57 bits per heavy atom. The van der Waals surface area contributed by atoms with Gasteiger partial charge in [0.15, 0.2) is 0 Å². The van der Waals surface area contributed by atoms with Crippen LogP contribution in [0.2, 0.25) is 0 Å². The molecule has 2 N–H and O–H groups in total. The zero-order chi connectivity index (χ0) is 15.2. The Bertz CT molecular complexity index is 497. The van der Waals surface area contributed by atoms with Crippen LogP contribution in [0.1, 0.15) is 33.1 Å². The Hall–Kier alpha value is -1.88. The molecule has 1 fully saturated rings. The molecule has 0 aliphatic carbocycles. The molecule has 2 rings (SSSR count). The van der Waals surface area contributed by atoms with Crippen molar-refractivity contribution < 1.29 is 9.59 Å². The van der Waals surface area contributed by atoms with E-state index < -0.39 is 0 Å². The summed E-state index contributed by atoms with van der Waals surface area (Å²) in [5.41, 5.74) is 1.66. The average molecular weight is 289 g/mol. The van der Waals surface area contributed by atoms with Gasteiger partial charge in [-0.1, -0.05) is 13.8 Å². The van der Waals surface area contributed by atoms with Gasteiger partial charge in [-0.3, -0.25) is 9.59 Å². The third kappa shape index (κ3) is 4.56. The molecule has 0 aromatic heterocycles. The van der Waals surface area contributed by atoms with Gasteiger partial charge in [-0.25, -0.2) is 0 Å². The maximum atomic E-state index is 11.8. The van der Waals surface area contributed by atoms with Crippen LogP contribution >= 0.6 is 0 Å². The summed E-state index contributed by atoms with van der Waals surface area (Å²) >= 11 is 0. The lowest BCUT2D eigenvalue weighted by atomic mass is 10.2. The molecule has 21 heavy (non-hydrogen) atoms. The molecule has 2 amide bonds. The van der Waals surface area contributed by atoms with Gasteiger partial charge in [0.25, 0.3) is 0 Å². The van der Waals surface area contributed by atoms with Crippen LogP contribution in [0.15, 0.2) is 24.3 Å². The summed E-state index contributed by atoms with van der Waals surface area (Å²) in [6, 6.07) is 7.83. The van der Waals surface area contributed by atoms with Crippen LogP contribution in [0.3, 0.4) is 0 Å². The van der Waals surface area contributed by atoms with Gasteiger partial charge in [0.05, 0.1) is 0 Å². The molecule has 0 radical (unpaired) electrons. The first-order valence-electron chi connectivity index (χ1n) is 7.50. The Morgan fingerprint density at radius 1 is 1.29 bits per heavy atom. The van der Waals surface area contributed by atoms with Crippen molar-refractivity contribution in [2.45, 2.75) is 39.2 Å². The summed E-state index contributed by atoms with van der Waals surface area (Å²) < 4.78 is 0. The predicted octanol–water partition coefficient (Wildman–Crippen LogP) is 2.14. The summed E-state index contributed by atoms with van der Waals surface area (Å²) in [7, 11) is 0. The second-order valence-corrected chi connectivity index (χ2v) is 5.60. The molecule has 0 atom stereocenters. The van der Waals surface area contributed by atoms with Gasteiger partial charge in [-0.15, -0.1) is 0 Å². The summed E-state index contributed by atoms with van der Waals surface area (Å²) in [6.45, 7) is 5.56. The third-order valence-electron chi connectivity index (χ3n) is 3.44. The molecule has 0 unspecified atom stereocenters. The normalized spacial score (nSPS) is 14.8. The third-order valence-corrected chi connectivity index (χ3v) is 3.44. The van der Waals surface area contributed by atoms with Crippen LogP contribution in [-0.4, -0.2) is 30.9 Å². The number of hydrogen-bond donors (Lipinski definition) is 2. The first-order valence-corrected chi connectivity index (χ1v) is 7.50. The summed E-state index contributed by atoms with van der Waals surface area (Å²) in [4.78, 5) is 25.2. The van der Waals surface area contributed by atoms with E-state index in [9.17, 15) is 9.59 Å². The van der Waals surface area contributed by atoms with Gasteiger partial charge >= 0.3 is 0 Å². The smallest absolute Gasteiger partial charge is 0.227 e. The highest BCUT2D eigenvalue weighted by Crippen LogP contribution is 2.22. The molecule has 1 aliphatic heterocycles. The van der Waals surface area contributed by atoms with Crippen LogP contribution in [-0.2, 0) is 9.59 Å². The van der Waals surface area contributed by atoms with Crippen molar-refractivity contribution in [2.24, 2.45) is 0 Å². The maximum Gasteiger partial charge on any atom is 0.227 e. The van der Waals surface area contributed by atoms with E-state index in [-0.39, 0.29) is 11.8 Å². The van der Waals surface area contributed by atoms with Crippen molar-refractivity contribution in [2.75, 3.05) is 23.3 Å². The highest BCUT2D eigenvalue weighted by molar-refractivity contribution is 5.96. The average Bonchev–Trinajstić information content (AvgIpc) is 2.85. The molecule has 0 spiro atoms. The first kappa shape index (κ1) is 15.5. The highest BCUT2D eigenvalue weighted by Gasteiger charge is 2.21. The van der Waals surface area contributed by atoms with Crippen LogP contribution in [0.5, 0.6) is 0 Å². The minimum Gasteiger partial charge on any atom is -0.326 e. The number of carbonyl (C=O) groups excluding carboxylic acids is 2. The van der Waals surface area contributed by atoms with Gasteiger partial charge < -0.3 is 15.5 Å². The van der Waals surface area contributed by atoms with Gasteiger partial charge in [0.1, 0.15) is 0 Å². The van der Waals surface area contributed by atoms with Crippen molar-refractivity contribution >= 4 is 23.2 Å². The van der Waals surface area contributed by atoms with Crippen LogP contribution in [0.4, 0.5) is 11.4 Å². The van der Waals surface area contributed by atoms with E-state index in [1.165, 1.54) is 0 Å². The van der Waals surface area contributed by atoms with Gasteiger partial charge in [0, 0.05) is 43.3 Å². The monoisotopic (exact) mass is 289 g/mol. The van der Waals surface area contributed by atoms with Crippen LogP contribution in [0.25, 0.3) is 0 Å². The molecule has 1 aliphatic rings. The Balaban J connectivity index is 1.84. The number of amides is 2. The molecule has 114 valence electrons.